The number of hydrogen-bond donors (Lipinski definition) is 1. The number of hydrogen-bond acceptors (Lipinski definition) is 2. The summed E-state index contributed by atoms with van der Waals surface area (Å²) in [5.41, 5.74) is 9.14. The predicted octanol–water partition coefficient (Wildman–Crippen LogP) is 3.56. The molecule has 0 bridgehead atoms. The monoisotopic (exact) mass is 257 g/mol. The van der Waals surface area contributed by atoms with Crippen LogP contribution in [0.2, 0.25) is 0 Å². The standard InChI is InChI=1S/C16H16FNO/c1-9-4-5-10(2)12(6-9)16(19)13-8-15(18)14(17)7-11(13)3/h4-8H,18H2,1-3H3. The van der Waals surface area contributed by atoms with Crippen LogP contribution in [0, 0.1) is 26.6 Å². The summed E-state index contributed by atoms with van der Waals surface area (Å²) < 4.78 is 13.3. The van der Waals surface area contributed by atoms with Gasteiger partial charge >= 0.3 is 0 Å². The number of benzene rings is 2. The molecule has 0 radical (unpaired) electrons. The molecular formula is C16H16FNO. The fourth-order valence-corrected chi connectivity index (χ4v) is 2.06. The maximum Gasteiger partial charge on any atom is 0.193 e. The predicted molar refractivity (Wildman–Crippen MR) is 74.9 cm³/mol. The van der Waals surface area contributed by atoms with Gasteiger partial charge < -0.3 is 5.73 Å². The average molecular weight is 257 g/mol. The van der Waals surface area contributed by atoms with E-state index in [1.165, 1.54) is 12.1 Å². The number of carbonyl (C=O) groups is 1. The van der Waals surface area contributed by atoms with Crippen molar-refractivity contribution in [3.05, 3.63) is 64.0 Å². The van der Waals surface area contributed by atoms with Gasteiger partial charge in [0.1, 0.15) is 5.82 Å². The van der Waals surface area contributed by atoms with E-state index in [1.54, 1.807) is 6.92 Å². The summed E-state index contributed by atoms with van der Waals surface area (Å²) in [5.74, 6) is -0.611. The van der Waals surface area contributed by atoms with Crippen molar-refractivity contribution in [1.29, 1.82) is 0 Å². The highest BCUT2D eigenvalue weighted by atomic mass is 19.1. The average Bonchev–Trinajstić information content (AvgIpc) is 2.36. The van der Waals surface area contributed by atoms with Gasteiger partial charge in [-0.1, -0.05) is 17.7 Å². The van der Waals surface area contributed by atoms with E-state index in [0.717, 1.165) is 11.1 Å². The van der Waals surface area contributed by atoms with E-state index < -0.39 is 5.82 Å². The van der Waals surface area contributed by atoms with Gasteiger partial charge in [-0.2, -0.15) is 0 Å². The van der Waals surface area contributed by atoms with Crippen molar-refractivity contribution < 1.29 is 9.18 Å². The quantitative estimate of drug-likeness (QED) is 0.660. The van der Waals surface area contributed by atoms with Crippen LogP contribution in [0.25, 0.3) is 0 Å². The number of halogens is 1. The van der Waals surface area contributed by atoms with Gasteiger partial charge in [-0.05, 0) is 50.1 Å². The first-order valence-corrected chi connectivity index (χ1v) is 6.07. The van der Waals surface area contributed by atoms with Gasteiger partial charge in [0.2, 0.25) is 0 Å². The highest BCUT2D eigenvalue weighted by molar-refractivity contribution is 6.11. The number of carbonyl (C=O) groups excluding carboxylic acids is 1. The van der Waals surface area contributed by atoms with Gasteiger partial charge in [0, 0.05) is 11.1 Å². The van der Waals surface area contributed by atoms with E-state index in [9.17, 15) is 9.18 Å². The van der Waals surface area contributed by atoms with Crippen LogP contribution >= 0.6 is 0 Å². The Morgan fingerprint density at radius 2 is 1.63 bits per heavy atom. The largest absolute Gasteiger partial charge is 0.396 e. The normalized spacial score (nSPS) is 10.5. The van der Waals surface area contributed by atoms with Crippen molar-refractivity contribution in [3.8, 4) is 0 Å². The van der Waals surface area contributed by atoms with Crippen molar-refractivity contribution in [2.75, 3.05) is 5.73 Å². The molecule has 0 saturated heterocycles. The van der Waals surface area contributed by atoms with E-state index in [-0.39, 0.29) is 11.5 Å². The third-order valence-electron chi connectivity index (χ3n) is 3.23. The van der Waals surface area contributed by atoms with Crippen molar-refractivity contribution in [2.24, 2.45) is 0 Å². The van der Waals surface area contributed by atoms with Crippen molar-refractivity contribution >= 4 is 11.5 Å². The smallest absolute Gasteiger partial charge is 0.193 e. The fraction of sp³-hybridized carbons (Fsp3) is 0.188. The number of aryl methyl sites for hydroxylation is 3. The third-order valence-corrected chi connectivity index (χ3v) is 3.23. The first-order valence-electron chi connectivity index (χ1n) is 6.07. The molecule has 0 fully saturated rings. The third kappa shape index (κ3) is 2.50. The van der Waals surface area contributed by atoms with Crippen LogP contribution in [-0.4, -0.2) is 5.78 Å². The lowest BCUT2D eigenvalue weighted by Crippen LogP contribution is -2.08. The number of nitrogens with two attached hydrogens (primary N) is 1. The Bertz CT molecular complexity index is 662. The molecule has 0 heterocycles. The summed E-state index contributed by atoms with van der Waals surface area (Å²) in [6.45, 7) is 5.53. The number of rotatable bonds is 2. The van der Waals surface area contributed by atoms with Crippen LogP contribution in [-0.2, 0) is 0 Å². The lowest BCUT2D eigenvalue weighted by atomic mass is 9.94. The molecule has 19 heavy (non-hydrogen) atoms. The second-order valence-corrected chi connectivity index (χ2v) is 4.84. The Balaban J connectivity index is 2.56. The Morgan fingerprint density at radius 3 is 2.32 bits per heavy atom. The molecule has 0 amide bonds. The molecule has 2 aromatic carbocycles. The highest BCUT2D eigenvalue weighted by Gasteiger charge is 2.16. The van der Waals surface area contributed by atoms with E-state index in [0.29, 0.717) is 16.7 Å². The van der Waals surface area contributed by atoms with Crippen LogP contribution in [0.4, 0.5) is 10.1 Å². The lowest BCUT2D eigenvalue weighted by molar-refractivity contribution is 0.103. The van der Waals surface area contributed by atoms with E-state index >= 15 is 0 Å². The Morgan fingerprint density at radius 1 is 1.00 bits per heavy atom. The zero-order valence-electron chi connectivity index (χ0n) is 11.3. The summed E-state index contributed by atoms with van der Waals surface area (Å²) in [6.07, 6.45) is 0. The lowest BCUT2D eigenvalue weighted by Gasteiger charge is -2.10. The number of ketones is 1. The maximum absolute atomic E-state index is 13.3. The van der Waals surface area contributed by atoms with Crippen LogP contribution in [0.1, 0.15) is 32.6 Å². The minimum Gasteiger partial charge on any atom is -0.396 e. The molecule has 0 atom stereocenters. The highest BCUT2D eigenvalue weighted by Crippen LogP contribution is 2.22. The zero-order valence-corrected chi connectivity index (χ0v) is 11.3. The topological polar surface area (TPSA) is 43.1 Å². The van der Waals surface area contributed by atoms with Gasteiger partial charge in [-0.15, -0.1) is 0 Å². The molecule has 98 valence electrons. The molecule has 2 aromatic rings. The SMILES string of the molecule is Cc1ccc(C)c(C(=O)c2cc(N)c(F)cc2C)c1. The molecular weight excluding hydrogens is 241 g/mol. The van der Waals surface area contributed by atoms with Gasteiger partial charge in [0.15, 0.2) is 5.78 Å². The zero-order chi connectivity index (χ0) is 14.2. The molecule has 0 saturated carbocycles. The van der Waals surface area contributed by atoms with E-state index in [2.05, 4.69) is 0 Å². The van der Waals surface area contributed by atoms with Crippen molar-refractivity contribution in [3.63, 3.8) is 0 Å². The molecule has 2 nitrogen and oxygen atoms in total. The molecule has 0 unspecified atom stereocenters. The number of nitrogen functional groups attached to an aromatic ring is 1. The molecule has 0 aromatic heterocycles. The summed E-state index contributed by atoms with van der Waals surface area (Å²) >= 11 is 0. The first kappa shape index (κ1) is 13.3. The Kier molecular flexibility index (Phi) is 3.38. The maximum atomic E-state index is 13.3. The van der Waals surface area contributed by atoms with Crippen LogP contribution in [0.3, 0.4) is 0 Å². The van der Waals surface area contributed by atoms with Crippen molar-refractivity contribution in [1.82, 2.24) is 0 Å². The Hall–Kier alpha value is -2.16. The molecule has 2 rings (SSSR count). The second-order valence-electron chi connectivity index (χ2n) is 4.84. The van der Waals surface area contributed by atoms with Gasteiger partial charge in [-0.3, -0.25) is 4.79 Å². The number of anilines is 1. The summed E-state index contributed by atoms with van der Waals surface area (Å²) in [5, 5.41) is 0. The molecule has 2 N–H and O–H groups in total. The van der Waals surface area contributed by atoms with E-state index in [1.807, 2.05) is 32.0 Å². The molecule has 0 aliphatic rings. The van der Waals surface area contributed by atoms with Gasteiger partial charge in [-0.25, -0.2) is 4.39 Å². The molecule has 0 aliphatic heterocycles. The molecule has 3 heteroatoms. The van der Waals surface area contributed by atoms with E-state index in [4.69, 9.17) is 5.73 Å². The summed E-state index contributed by atoms with van der Waals surface area (Å²) in [4.78, 5) is 12.5. The van der Waals surface area contributed by atoms with Gasteiger partial charge in [0.25, 0.3) is 0 Å². The van der Waals surface area contributed by atoms with Crippen LogP contribution < -0.4 is 5.73 Å². The molecule has 0 aliphatic carbocycles. The van der Waals surface area contributed by atoms with Crippen molar-refractivity contribution in [2.45, 2.75) is 20.8 Å². The molecule has 0 spiro atoms. The minimum absolute atomic E-state index is 0.000689. The van der Waals surface area contributed by atoms with Crippen LogP contribution in [0.5, 0.6) is 0 Å². The summed E-state index contributed by atoms with van der Waals surface area (Å²) in [7, 11) is 0. The Labute approximate surface area is 112 Å². The van der Waals surface area contributed by atoms with Gasteiger partial charge in [0.05, 0.1) is 5.69 Å². The minimum atomic E-state index is -0.491. The first-order chi connectivity index (χ1) is 8.90. The fourth-order valence-electron chi connectivity index (χ4n) is 2.06. The summed E-state index contributed by atoms with van der Waals surface area (Å²) in [6, 6.07) is 8.42. The van der Waals surface area contributed by atoms with Crippen LogP contribution in [0.15, 0.2) is 30.3 Å². The second kappa shape index (κ2) is 4.84.